The van der Waals surface area contributed by atoms with Crippen LogP contribution in [0.4, 0.5) is 0 Å². The second-order valence-electron chi connectivity index (χ2n) is 6.15. The van der Waals surface area contributed by atoms with Crippen molar-refractivity contribution in [2.24, 2.45) is 5.92 Å². The van der Waals surface area contributed by atoms with E-state index in [1.165, 1.54) is 0 Å². The lowest BCUT2D eigenvalue weighted by atomic mass is 10.0. The van der Waals surface area contributed by atoms with Crippen LogP contribution in [0.3, 0.4) is 0 Å². The number of hydrogen-bond acceptors (Lipinski definition) is 3. The van der Waals surface area contributed by atoms with Gasteiger partial charge in [-0.25, -0.2) is 12.7 Å². The molecule has 0 spiro atoms. The number of unbranched alkanes of at least 4 members (excludes halogenated alkanes) is 1. The molecule has 0 radical (unpaired) electrons. The van der Waals surface area contributed by atoms with Crippen LogP contribution in [0, 0.1) is 5.92 Å². The average molecular weight is 338 g/mol. The van der Waals surface area contributed by atoms with Crippen LogP contribution in [-0.4, -0.2) is 37.5 Å². The van der Waals surface area contributed by atoms with Gasteiger partial charge >= 0.3 is 0 Å². The largest absolute Gasteiger partial charge is 0.352 e. The topological polar surface area (TPSA) is 66.5 Å². The number of benzene rings is 1. The Morgan fingerprint density at radius 2 is 2.04 bits per heavy atom. The summed E-state index contributed by atoms with van der Waals surface area (Å²) in [4.78, 5) is 12.0. The van der Waals surface area contributed by atoms with Crippen molar-refractivity contribution < 1.29 is 13.2 Å². The van der Waals surface area contributed by atoms with Gasteiger partial charge in [-0.3, -0.25) is 4.79 Å². The zero-order chi connectivity index (χ0) is 16.7. The number of carbonyl (C=O) groups excluding carboxylic acids is 1. The third kappa shape index (κ3) is 5.62. The summed E-state index contributed by atoms with van der Waals surface area (Å²) in [6.45, 7) is 3.53. The summed E-state index contributed by atoms with van der Waals surface area (Å²) in [6, 6.07) is 9.77. The molecule has 128 valence electrons. The Bertz CT molecular complexity index is 602. The molecule has 5 nitrogen and oxygen atoms in total. The van der Waals surface area contributed by atoms with E-state index >= 15 is 0 Å². The molecule has 23 heavy (non-hydrogen) atoms. The lowest BCUT2D eigenvalue weighted by Gasteiger charge is -2.16. The van der Waals surface area contributed by atoms with Crippen molar-refractivity contribution in [3.05, 3.63) is 35.9 Å². The molecular weight excluding hydrogens is 312 g/mol. The van der Waals surface area contributed by atoms with Crippen molar-refractivity contribution >= 4 is 15.9 Å². The van der Waals surface area contributed by atoms with Gasteiger partial charge in [-0.15, -0.1) is 0 Å². The van der Waals surface area contributed by atoms with Crippen LogP contribution in [0.5, 0.6) is 0 Å². The number of rotatable bonds is 8. The van der Waals surface area contributed by atoms with Crippen molar-refractivity contribution in [2.75, 3.05) is 18.8 Å². The van der Waals surface area contributed by atoms with Gasteiger partial charge in [-0.1, -0.05) is 43.7 Å². The zero-order valence-corrected chi connectivity index (χ0v) is 14.5. The standard InChI is InChI=1S/C17H26N2O3S/c1-2-3-11-23(21,22)19-10-9-16(14-19)12-17(20)18-13-15-7-5-4-6-8-15/h4-8,16H,2-3,9-14H2,1H3,(H,18,20). The molecule has 0 aromatic heterocycles. The number of amides is 1. The van der Waals surface area contributed by atoms with Gasteiger partial charge in [0.15, 0.2) is 0 Å². The van der Waals surface area contributed by atoms with Gasteiger partial charge < -0.3 is 5.32 Å². The molecule has 1 atom stereocenters. The number of nitrogens with one attached hydrogen (secondary N) is 1. The fourth-order valence-electron chi connectivity index (χ4n) is 2.80. The fourth-order valence-corrected chi connectivity index (χ4v) is 4.54. The smallest absolute Gasteiger partial charge is 0.220 e. The summed E-state index contributed by atoms with van der Waals surface area (Å²) in [6.07, 6.45) is 2.73. The molecule has 1 aromatic rings. The lowest BCUT2D eigenvalue weighted by molar-refractivity contribution is -0.122. The van der Waals surface area contributed by atoms with E-state index in [1.807, 2.05) is 37.3 Å². The molecule has 0 bridgehead atoms. The third-order valence-corrected chi connectivity index (χ3v) is 6.13. The molecule has 1 amide bonds. The van der Waals surface area contributed by atoms with E-state index in [4.69, 9.17) is 0 Å². The highest BCUT2D eigenvalue weighted by atomic mass is 32.2. The first-order valence-corrected chi connectivity index (χ1v) is 9.90. The zero-order valence-electron chi connectivity index (χ0n) is 13.7. The molecule has 1 aromatic carbocycles. The van der Waals surface area contributed by atoms with E-state index in [2.05, 4.69) is 5.32 Å². The average Bonchev–Trinajstić information content (AvgIpc) is 3.01. The van der Waals surface area contributed by atoms with Gasteiger partial charge in [-0.2, -0.15) is 0 Å². The van der Waals surface area contributed by atoms with Gasteiger partial charge in [0.05, 0.1) is 5.75 Å². The van der Waals surface area contributed by atoms with Crippen LogP contribution in [0.25, 0.3) is 0 Å². The minimum absolute atomic E-state index is 0.00772. The summed E-state index contributed by atoms with van der Waals surface area (Å²) in [5.74, 6) is 0.338. The quantitative estimate of drug-likeness (QED) is 0.790. The van der Waals surface area contributed by atoms with E-state index in [0.717, 1.165) is 18.4 Å². The van der Waals surface area contributed by atoms with Gasteiger partial charge in [-0.05, 0) is 24.3 Å². The SMILES string of the molecule is CCCCS(=O)(=O)N1CCC(CC(=O)NCc2ccccc2)C1. The van der Waals surface area contributed by atoms with E-state index < -0.39 is 10.0 Å². The van der Waals surface area contributed by atoms with Crippen molar-refractivity contribution in [1.29, 1.82) is 0 Å². The number of nitrogens with zero attached hydrogens (tertiary/aromatic N) is 1. The maximum absolute atomic E-state index is 12.2. The summed E-state index contributed by atoms with van der Waals surface area (Å²) in [5.41, 5.74) is 1.07. The predicted molar refractivity (Wildman–Crippen MR) is 91.3 cm³/mol. The molecule has 0 saturated carbocycles. The van der Waals surface area contributed by atoms with Crippen molar-refractivity contribution in [2.45, 2.75) is 39.2 Å². The van der Waals surface area contributed by atoms with E-state index in [0.29, 0.717) is 32.5 Å². The first-order valence-electron chi connectivity index (χ1n) is 8.29. The number of hydrogen-bond donors (Lipinski definition) is 1. The molecule has 1 fully saturated rings. The Morgan fingerprint density at radius 3 is 2.74 bits per heavy atom. The molecule has 0 aliphatic carbocycles. The maximum Gasteiger partial charge on any atom is 0.220 e. The monoisotopic (exact) mass is 338 g/mol. The molecule has 6 heteroatoms. The highest BCUT2D eigenvalue weighted by Crippen LogP contribution is 2.23. The minimum Gasteiger partial charge on any atom is -0.352 e. The van der Waals surface area contributed by atoms with E-state index in [-0.39, 0.29) is 17.6 Å². The molecule has 1 aliphatic rings. The summed E-state index contributed by atoms with van der Waals surface area (Å²) >= 11 is 0. The molecule has 1 heterocycles. The maximum atomic E-state index is 12.2. The van der Waals surface area contributed by atoms with Crippen LogP contribution in [-0.2, 0) is 21.4 Å². The van der Waals surface area contributed by atoms with Gasteiger partial charge in [0, 0.05) is 26.1 Å². The molecule has 2 rings (SSSR count). The van der Waals surface area contributed by atoms with Crippen LogP contribution in [0.2, 0.25) is 0 Å². The Balaban J connectivity index is 1.75. The Hall–Kier alpha value is -1.40. The Morgan fingerprint density at radius 1 is 1.30 bits per heavy atom. The summed E-state index contributed by atoms with van der Waals surface area (Å²) in [5, 5.41) is 2.91. The normalized spacial score (nSPS) is 18.9. The predicted octanol–water partition coefficient (Wildman–Crippen LogP) is 2.14. The molecule has 1 aliphatic heterocycles. The lowest BCUT2D eigenvalue weighted by Crippen LogP contribution is -2.32. The Labute approximate surface area is 139 Å². The third-order valence-electron chi connectivity index (χ3n) is 4.20. The second-order valence-corrected chi connectivity index (χ2v) is 8.24. The van der Waals surface area contributed by atoms with Gasteiger partial charge in [0.1, 0.15) is 0 Å². The van der Waals surface area contributed by atoms with Crippen molar-refractivity contribution in [1.82, 2.24) is 9.62 Å². The van der Waals surface area contributed by atoms with E-state index in [9.17, 15) is 13.2 Å². The Kier molecular flexibility index (Phi) is 6.59. The fraction of sp³-hybridized carbons (Fsp3) is 0.588. The van der Waals surface area contributed by atoms with Gasteiger partial charge in [0.25, 0.3) is 0 Å². The molecular formula is C17H26N2O3S. The van der Waals surface area contributed by atoms with Crippen molar-refractivity contribution in [3.8, 4) is 0 Å². The first-order chi connectivity index (χ1) is 11.0. The highest BCUT2D eigenvalue weighted by molar-refractivity contribution is 7.89. The molecule has 1 N–H and O–H groups in total. The van der Waals surface area contributed by atoms with Crippen LogP contribution in [0.1, 0.15) is 38.2 Å². The highest BCUT2D eigenvalue weighted by Gasteiger charge is 2.31. The minimum atomic E-state index is -3.14. The summed E-state index contributed by atoms with van der Waals surface area (Å²) in [7, 11) is -3.14. The van der Waals surface area contributed by atoms with Crippen molar-refractivity contribution in [3.63, 3.8) is 0 Å². The van der Waals surface area contributed by atoms with Crippen LogP contribution >= 0.6 is 0 Å². The van der Waals surface area contributed by atoms with E-state index in [1.54, 1.807) is 4.31 Å². The summed E-state index contributed by atoms with van der Waals surface area (Å²) < 4.78 is 25.9. The molecule has 1 unspecified atom stereocenters. The van der Waals surface area contributed by atoms with Crippen LogP contribution < -0.4 is 5.32 Å². The molecule has 1 saturated heterocycles. The number of carbonyl (C=O) groups is 1. The number of sulfonamides is 1. The van der Waals surface area contributed by atoms with Gasteiger partial charge in [0.2, 0.25) is 15.9 Å². The van der Waals surface area contributed by atoms with Crippen LogP contribution in [0.15, 0.2) is 30.3 Å². The first kappa shape index (κ1) is 17.9. The second kappa shape index (κ2) is 8.45.